The Morgan fingerprint density at radius 2 is 1.92 bits per heavy atom. The molecular formula is C18H18FN5OS. The van der Waals surface area contributed by atoms with Crippen LogP contribution in [-0.2, 0) is 11.3 Å². The summed E-state index contributed by atoms with van der Waals surface area (Å²) in [6, 6.07) is 14.2. The van der Waals surface area contributed by atoms with Gasteiger partial charge in [-0.2, -0.15) is 4.68 Å². The molecule has 3 aromatic rings. The molecule has 8 heteroatoms. The minimum absolute atomic E-state index is 0.127. The van der Waals surface area contributed by atoms with E-state index in [2.05, 4.69) is 15.5 Å². The van der Waals surface area contributed by atoms with Crippen molar-refractivity contribution in [2.75, 3.05) is 12.8 Å². The van der Waals surface area contributed by atoms with E-state index in [1.807, 2.05) is 31.2 Å². The molecule has 1 amide bonds. The molecule has 0 bridgehead atoms. The van der Waals surface area contributed by atoms with Crippen LogP contribution in [0.1, 0.15) is 11.1 Å². The van der Waals surface area contributed by atoms with E-state index in [1.165, 1.54) is 22.7 Å². The van der Waals surface area contributed by atoms with E-state index in [0.717, 1.165) is 11.3 Å². The van der Waals surface area contributed by atoms with Crippen LogP contribution < -0.4 is 0 Å². The molecule has 0 N–H and O–H groups in total. The van der Waals surface area contributed by atoms with Gasteiger partial charge in [-0.3, -0.25) is 4.79 Å². The molecule has 3 rings (SSSR count). The van der Waals surface area contributed by atoms with Crippen molar-refractivity contribution in [3.05, 3.63) is 65.5 Å². The summed E-state index contributed by atoms with van der Waals surface area (Å²) in [5.74, 6) is -0.280. The number of thioether (sulfide) groups is 1. The van der Waals surface area contributed by atoms with Crippen LogP contribution >= 0.6 is 11.8 Å². The minimum Gasteiger partial charge on any atom is -0.341 e. The molecule has 0 atom stereocenters. The Morgan fingerprint density at radius 3 is 2.69 bits per heavy atom. The highest BCUT2D eigenvalue weighted by atomic mass is 32.2. The van der Waals surface area contributed by atoms with Gasteiger partial charge in [-0.15, -0.1) is 5.10 Å². The van der Waals surface area contributed by atoms with Crippen LogP contribution in [0.15, 0.2) is 53.7 Å². The van der Waals surface area contributed by atoms with Crippen molar-refractivity contribution in [1.29, 1.82) is 0 Å². The first-order chi connectivity index (χ1) is 12.6. The molecule has 134 valence electrons. The molecular weight excluding hydrogens is 353 g/mol. The average molecular weight is 371 g/mol. The van der Waals surface area contributed by atoms with Gasteiger partial charge in [-0.05, 0) is 35.0 Å². The molecule has 1 heterocycles. The standard InChI is InChI=1S/C18H18FN5OS/c1-13-7-3-6-10-16(13)24-18(20-21-22-24)26-12-17(25)23(2)11-14-8-4-5-9-15(14)19/h3-10H,11-12H2,1-2H3. The predicted molar refractivity (Wildman–Crippen MR) is 97.5 cm³/mol. The SMILES string of the molecule is Cc1ccccc1-n1nnnc1SCC(=O)N(C)Cc1ccccc1F. The lowest BCUT2D eigenvalue weighted by atomic mass is 10.2. The summed E-state index contributed by atoms with van der Waals surface area (Å²) in [6.07, 6.45) is 0. The van der Waals surface area contributed by atoms with Gasteiger partial charge in [-0.25, -0.2) is 4.39 Å². The lowest BCUT2D eigenvalue weighted by Gasteiger charge is -2.17. The maximum Gasteiger partial charge on any atom is 0.233 e. The summed E-state index contributed by atoms with van der Waals surface area (Å²) < 4.78 is 15.3. The highest BCUT2D eigenvalue weighted by Crippen LogP contribution is 2.21. The number of hydrogen-bond acceptors (Lipinski definition) is 5. The summed E-state index contributed by atoms with van der Waals surface area (Å²) >= 11 is 1.25. The third-order valence-corrected chi connectivity index (χ3v) is 4.80. The van der Waals surface area contributed by atoms with E-state index in [4.69, 9.17) is 0 Å². The van der Waals surface area contributed by atoms with Gasteiger partial charge in [0.05, 0.1) is 11.4 Å². The van der Waals surface area contributed by atoms with Crippen LogP contribution in [0.5, 0.6) is 0 Å². The Labute approximate surface area is 155 Å². The van der Waals surface area contributed by atoms with Crippen LogP contribution in [0.3, 0.4) is 0 Å². The Bertz CT molecular complexity index is 914. The summed E-state index contributed by atoms with van der Waals surface area (Å²) in [5.41, 5.74) is 2.38. The Balaban J connectivity index is 1.65. The van der Waals surface area contributed by atoms with Crippen LogP contribution in [0, 0.1) is 12.7 Å². The molecule has 1 aromatic heterocycles. The van der Waals surface area contributed by atoms with Crippen molar-refractivity contribution in [3.63, 3.8) is 0 Å². The van der Waals surface area contributed by atoms with Gasteiger partial charge in [-0.1, -0.05) is 48.2 Å². The zero-order valence-corrected chi connectivity index (χ0v) is 15.3. The number of amides is 1. The fourth-order valence-corrected chi connectivity index (χ4v) is 3.25. The van der Waals surface area contributed by atoms with Crippen LogP contribution in [0.2, 0.25) is 0 Å². The van der Waals surface area contributed by atoms with Crippen molar-refractivity contribution in [1.82, 2.24) is 25.1 Å². The van der Waals surface area contributed by atoms with Crippen molar-refractivity contribution in [3.8, 4) is 5.69 Å². The van der Waals surface area contributed by atoms with Gasteiger partial charge in [0.2, 0.25) is 11.1 Å². The molecule has 0 saturated heterocycles. The molecule has 0 radical (unpaired) electrons. The number of benzene rings is 2. The fraction of sp³-hybridized carbons (Fsp3) is 0.222. The molecule has 0 aliphatic carbocycles. The maximum atomic E-state index is 13.7. The Hall–Kier alpha value is -2.74. The number of nitrogens with zero attached hydrogens (tertiary/aromatic N) is 5. The third kappa shape index (κ3) is 4.08. The second-order valence-electron chi connectivity index (χ2n) is 5.79. The van der Waals surface area contributed by atoms with Crippen LogP contribution in [0.4, 0.5) is 4.39 Å². The van der Waals surface area contributed by atoms with Gasteiger partial charge in [0.25, 0.3) is 0 Å². The number of rotatable bonds is 6. The van der Waals surface area contributed by atoms with E-state index < -0.39 is 0 Å². The van der Waals surface area contributed by atoms with Crippen LogP contribution in [0.25, 0.3) is 5.69 Å². The summed E-state index contributed by atoms with van der Waals surface area (Å²) in [6.45, 7) is 2.19. The normalized spacial score (nSPS) is 10.7. The highest BCUT2D eigenvalue weighted by molar-refractivity contribution is 7.99. The first-order valence-corrected chi connectivity index (χ1v) is 8.99. The van der Waals surface area contributed by atoms with Gasteiger partial charge >= 0.3 is 0 Å². The molecule has 0 spiro atoms. The highest BCUT2D eigenvalue weighted by Gasteiger charge is 2.16. The molecule has 6 nitrogen and oxygen atoms in total. The topological polar surface area (TPSA) is 63.9 Å². The number of tetrazole rings is 1. The number of halogens is 1. The van der Waals surface area contributed by atoms with Crippen molar-refractivity contribution in [2.45, 2.75) is 18.6 Å². The smallest absolute Gasteiger partial charge is 0.233 e. The van der Waals surface area contributed by atoms with E-state index >= 15 is 0 Å². The number of hydrogen-bond donors (Lipinski definition) is 0. The first-order valence-electron chi connectivity index (χ1n) is 8.01. The van der Waals surface area contributed by atoms with Crippen molar-refractivity contribution >= 4 is 17.7 Å². The zero-order valence-electron chi connectivity index (χ0n) is 14.5. The third-order valence-electron chi connectivity index (χ3n) is 3.90. The van der Waals surface area contributed by atoms with Gasteiger partial charge in [0, 0.05) is 19.2 Å². The van der Waals surface area contributed by atoms with Gasteiger partial charge < -0.3 is 4.90 Å². The lowest BCUT2D eigenvalue weighted by molar-refractivity contribution is -0.127. The Kier molecular flexibility index (Phi) is 5.62. The average Bonchev–Trinajstić information content (AvgIpc) is 3.10. The van der Waals surface area contributed by atoms with Crippen molar-refractivity contribution in [2.24, 2.45) is 0 Å². The summed E-state index contributed by atoms with van der Waals surface area (Å²) in [7, 11) is 1.65. The van der Waals surface area contributed by atoms with E-state index in [1.54, 1.807) is 29.9 Å². The molecule has 2 aromatic carbocycles. The Morgan fingerprint density at radius 1 is 1.19 bits per heavy atom. The summed E-state index contributed by atoms with van der Waals surface area (Å²) in [4.78, 5) is 13.9. The quantitative estimate of drug-likeness (QED) is 0.624. The minimum atomic E-state index is -0.316. The second-order valence-corrected chi connectivity index (χ2v) is 6.73. The number of carbonyl (C=O) groups excluding carboxylic acids is 1. The second kappa shape index (κ2) is 8.09. The molecule has 0 fully saturated rings. The number of aryl methyl sites for hydroxylation is 1. The van der Waals surface area contributed by atoms with E-state index in [9.17, 15) is 9.18 Å². The van der Waals surface area contributed by atoms with Crippen molar-refractivity contribution < 1.29 is 9.18 Å². The largest absolute Gasteiger partial charge is 0.341 e. The maximum absolute atomic E-state index is 13.7. The van der Waals surface area contributed by atoms with Gasteiger partial charge in [0.1, 0.15) is 5.82 Å². The van der Waals surface area contributed by atoms with Gasteiger partial charge in [0.15, 0.2) is 0 Å². The molecule has 0 aliphatic rings. The molecule has 0 saturated carbocycles. The van der Waals surface area contributed by atoms with Crippen LogP contribution in [-0.4, -0.2) is 43.8 Å². The molecule has 26 heavy (non-hydrogen) atoms. The lowest BCUT2D eigenvalue weighted by Crippen LogP contribution is -2.28. The number of para-hydroxylation sites is 1. The monoisotopic (exact) mass is 371 g/mol. The number of carbonyl (C=O) groups is 1. The number of aromatic nitrogens is 4. The van der Waals surface area contributed by atoms with E-state index in [0.29, 0.717) is 10.7 Å². The molecule has 0 unspecified atom stereocenters. The first kappa shape index (κ1) is 18.1. The zero-order chi connectivity index (χ0) is 18.5. The fourth-order valence-electron chi connectivity index (χ4n) is 2.43. The predicted octanol–water partition coefficient (Wildman–Crippen LogP) is 2.86. The van der Waals surface area contributed by atoms with E-state index in [-0.39, 0.29) is 24.0 Å². The molecule has 0 aliphatic heterocycles. The summed E-state index contributed by atoms with van der Waals surface area (Å²) in [5, 5.41) is 12.3.